The smallest absolute Gasteiger partial charge is 0.338 e. The number of esters is 1. The molecular formula is C20H26N2O5S. The fourth-order valence-corrected chi connectivity index (χ4v) is 3.89. The Kier molecular flexibility index (Phi) is 6.79. The summed E-state index contributed by atoms with van der Waals surface area (Å²) in [7, 11) is -0.843. The third-order valence-electron chi connectivity index (χ3n) is 4.50. The number of Topliss-reactive ketones (excluding diaryl/α,β-unsaturated/α-hetero) is 1. The summed E-state index contributed by atoms with van der Waals surface area (Å²) < 4.78 is 32.7. The van der Waals surface area contributed by atoms with E-state index in [2.05, 4.69) is 11.5 Å². The molecule has 152 valence electrons. The Labute approximate surface area is 166 Å². The first-order valence-electron chi connectivity index (χ1n) is 8.99. The fraction of sp³-hybridized carbons (Fsp3) is 0.400. The van der Waals surface area contributed by atoms with Gasteiger partial charge in [-0.05, 0) is 44.5 Å². The number of aryl methyl sites for hydroxylation is 1. The average Bonchev–Trinajstić information content (AvgIpc) is 2.94. The lowest BCUT2D eigenvalue weighted by Gasteiger charge is -2.12. The van der Waals surface area contributed by atoms with Gasteiger partial charge in [-0.25, -0.2) is 17.5 Å². The zero-order valence-electron chi connectivity index (χ0n) is 16.9. The van der Waals surface area contributed by atoms with Crippen molar-refractivity contribution in [3.63, 3.8) is 0 Å². The Morgan fingerprint density at radius 1 is 1.14 bits per heavy atom. The summed E-state index contributed by atoms with van der Waals surface area (Å²) in [5, 5.41) is 0. The monoisotopic (exact) mass is 406 g/mol. The van der Waals surface area contributed by atoms with Crippen molar-refractivity contribution in [1.29, 1.82) is 0 Å². The Hall–Kier alpha value is -2.45. The standard InChI is InChI=1S/C20H26N2O5S/c1-6-10-22-14(2)11-18(15(22)3)19(23)13-27-20(24)16-8-7-9-17(12-16)28(25,26)21(4)5/h7-9,11-12H,6,10,13H2,1-5H3. The van der Waals surface area contributed by atoms with E-state index in [9.17, 15) is 18.0 Å². The predicted octanol–water partition coefficient (Wildman–Crippen LogP) is 2.80. The van der Waals surface area contributed by atoms with Crippen LogP contribution in [0.2, 0.25) is 0 Å². The molecule has 0 bridgehead atoms. The van der Waals surface area contributed by atoms with E-state index in [0.29, 0.717) is 5.56 Å². The van der Waals surface area contributed by atoms with Crippen LogP contribution < -0.4 is 0 Å². The van der Waals surface area contributed by atoms with E-state index >= 15 is 0 Å². The summed E-state index contributed by atoms with van der Waals surface area (Å²) in [5.41, 5.74) is 2.44. The van der Waals surface area contributed by atoms with Crippen LogP contribution in [0.5, 0.6) is 0 Å². The van der Waals surface area contributed by atoms with E-state index in [0.717, 1.165) is 28.7 Å². The molecule has 0 aliphatic rings. The van der Waals surface area contributed by atoms with Gasteiger partial charge in [-0.3, -0.25) is 4.79 Å². The number of benzene rings is 1. The molecule has 0 spiro atoms. The highest BCUT2D eigenvalue weighted by atomic mass is 32.2. The van der Waals surface area contributed by atoms with E-state index in [1.807, 2.05) is 13.8 Å². The van der Waals surface area contributed by atoms with Crippen molar-refractivity contribution in [2.24, 2.45) is 0 Å². The van der Waals surface area contributed by atoms with Crippen LogP contribution in [0.1, 0.15) is 45.4 Å². The number of rotatable bonds is 8. The SMILES string of the molecule is CCCn1c(C)cc(C(=O)COC(=O)c2cccc(S(=O)(=O)N(C)C)c2)c1C. The van der Waals surface area contributed by atoms with Crippen molar-refractivity contribution in [3.05, 3.63) is 52.8 Å². The minimum atomic E-state index is -3.66. The number of hydrogen-bond acceptors (Lipinski definition) is 5. The summed E-state index contributed by atoms with van der Waals surface area (Å²) in [4.78, 5) is 24.8. The molecule has 1 heterocycles. The van der Waals surface area contributed by atoms with E-state index in [4.69, 9.17) is 4.74 Å². The van der Waals surface area contributed by atoms with Gasteiger partial charge in [-0.1, -0.05) is 13.0 Å². The summed E-state index contributed by atoms with van der Waals surface area (Å²) in [5.74, 6) is -1.03. The summed E-state index contributed by atoms with van der Waals surface area (Å²) in [6.45, 7) is 6.28. The number of sulfonamides is 1. The van der Waals surface area contributed by atoms with Gasteiger partial charge in [-0.15, -0.1) is 0 Å². The molecule has 0 fully saturated rings. The Balaban J connectivity index is 2.13. The Morgan fingerprint density at radius 3 is 2.43 bits per heavy atom. The third-order valence-corrected chi connectivity index (χ3v) is 6.32. The van der Waals surface area contributed by atoms with Gasteiger partial charge in [0.1, 0.15) is 0 Å². The van der Waals surface area contributed by atoms with Crippen LogP contribution in [0.15, 0.2) is 35.2 Å². The van der Waals surface area contributed by atoms with E-state index in [1.165, 1.54) is 38.4 Å². The normalized spacial score (nSPS) is 11.6. The fourth-order valence-electron chi connectivity index (χ4n) is 2.94. The summed E-state index contributed by atoms with van der Waals surface area (Å²) in [6, 6.07) is 7.36. The van der Waals surface area contributed by atoms with Gasteiger partial charge in [0.2, 0.25) is 15.8 Å². The van der Waals surface area contributed by atoms with Gasteiger partial charge in [-0.2, -0.15) is 0 Å². The van der Waals surface area contributed by atoms with Gasteiger partial charge in [0.15, 0.2) is 6.61 Å². The molecule has 0 saturated heterocycles. The van der Waals surface area contributed by atoms with Crippen molar-refractivity contribution < 1.29 is 22.7 Å². The Bertz CT molecular complexity index is 990. The number of nitrogens with zero attached hydrogens (tertiary/aromatic N) is 2. The molecule has 0 unspecified atom stereocenters. The summed E-state index contributed by atoms with van der Waals surface area (Å²) >= 11 is 0. The lowest BCUT2D eigenvalue weighted by Crippen LogP contribution is -2.22. The van der Waals surface area contributed by atoms with Crippen LogP contribution in [-0.2, 0) is 21.3 Å². The van der Waals surface area contributed by atoms with Crippen molar-refractivity contribution >= 4 is 21.8 Å². The quantitative estimate of drug-likeness (QED) is 0.497. The maximum absolute atomic E-state index is 12.5. The van der Waals surface area contributed by atoms with Crippen molar-refractivity contribution in [1.82, 2.24) is 8.87 Å². The highest BCUT2D eigenvalue weighted by molar-refractivity contribution is 7.89. The molecule has 1 aromatic heterocycles. The highest BCUT2D eigenvalue weighted by Crippen LogP contribution is 2.18. The van der Waals surface area contributed by atoms with Gasteiger partial charge in [0.05, 0.1) is 10.5 Å². The van der Waals surface area contributed by atoms with Gasteiger partial charge in [0.25, 0.3) is 0 Å². The molecule has 0 amide bonds. The highest BCUT2D eigenvalue weighted by Gasteiger charge is 2.21. The minimum absolute atomic E-state index is 0.0126. The molecule has 28 heavy (non-hydrogen) atoms. The van der Waals surface area contributed by atoms with Crippen molar-refractivity contribution in [2.75, 3.05) is 20.7 Å². The second kappa shape index (κ2) is 8.70. The molecule has 0 radical (unpaired) electrons. The first kappa shape index (κ1) is 21.8. The van der Waals surface area contributed by atoms with E-state index < -0.39 is 22.6 Å². The maximum atomic E-state index is 12.5. The molecule has 0 aliphatic heterocycles. The van der Waals surface area contributed by atoms with Crippen molar-refractivity contribution in [2.45, 2.75) is 38.6 Å². The first-order chi connectivity index (χ1) is 13.1. The topological polar surface area (TPSA) is 85.7 Å². The molecule has 1 aromatic carbocycles. The predicted molar refractivity (Wildman–Crippen MR) is 106 cm³/mol. The molecular weight excluding hydrogens is 380 g/mol. The van der Waals surface area contributed by atoms with Crippen LogP contribution in [0.4, 0.5) is 0 Å². The van der Waals surface area contributed by atoms with Crippen molar-refractivity contribution in [3.8, 4) is 0 Å². The molecule has 2 aromatic rings. The lowest BCUT2D eigenvalue weighted by atomic mass is 10.1. The van der Waals surface area contributed by atoms with Crippen LogP contribution in [-0.4, -0.2) is 49.7 Å². The van der Waals surface area contributed by atoms with Gasteiger partial charge < -0.3 is 9.30 Å². The molecule has 8 heteroatoms. The molecule has 0 aliphatic carbocycles. The number of aromatic nitrogens is 1. The number of hydrogen-bond donors (Lipinski definition) is 0. The zero-order valence-corrected chi connectivity index (χ0v) is 17.7. The summed E-state index contributed by atoms with van der Waals surface area (Å²) in [6.07, 6.45) is 0.950. The van der Waals surface area contributed by atoms with Gasteiger partial charge in [0, 0.05) is 37.6 Å². The lowest BCUT2D eigenvalue weighted by molar-refractivity contribution is 0.0474. The van der Waals surface area contributed by atoms with Crippen LogP contribution in [0.3, 0.4) is 0 Å². The molecule has 0 saturated carbocycles. The van der Waals surface area contributed by atoms with E-state index in [-0.39, 0.29) is 16.2 Å². The zero-order chi connectivity index (χ0) is 21.1. The van der Waals surface area contributed by atoms with E-state index in [1.54, 1.807) is 6.07 Å². The first-order valence-corrected chi connectivity index (χ1v) is 10.4. The Morgan fingerprint density at radius 2 is 1.82 bits per heavy atom. The average molecular weight is 407 g/mol. The van der Waals surface area contributed by atoms with Crippen LogP contribution in [0.25, 0.3) is 0 Å². The number of carbonyl (C=O) groups is 2. The number of ketones is 1. The largest absolute Gasteiger partial charge is 0.454 e. The van der Waals surface area contributed by atoms with Crippen LogP contribution >= 0.6 is 0 Å². The number of carbonyl (C=O) groups excluding carboxylic acids is 2. The molecule has 2 rings (SSSR count). The van der Waals surface area contributed by atoms with Crippen LogP contribution in [0, 0.1) is 13.8 Å². The minimum Gasteiger partial charge on any atom is -0.454 e. The second-order valence-corrected chi connectivity index (χ2v) is 8.90. The van der Waals surface area contributed by atoms with Gasteiger partial charge >= 0.3 is 5.97 Å². The number of ether oxygens (including phenoxy) is 1. The molecule has 0 N–H and O–H groups in total. The third kappa shape index (κ3) is 4.51. The maximum Gasteiger partial charge on any atom is 0.338 e. The molecule has 7 nitrogen and oxygen atoms in total. The second-order valence-electron chi connectivity index (χ2n) is 6.75. The molecule has 0 atom stereocenters.